The van der Waals surface area contributed by atoms with Gasteiger partial charge in [-0.2, -0.15) is 0 Å². The number of carbonyl (C=O) groups is 2. The molecule has 0 radical (unpaired) electrons. The van der Waals surface area contributed by atoms with Crippen molar-refractivity contribution in [3.05, 3.63) is 23.8 Å². The number of hydrogen-bond donors (Lipinski definition) is 3. The minimum absolute atomic E-state index is 0.0148. The van der Waals surface area contributed by atoms with Gasteiger partial charge in [0.05, 0.1) is 12.2 Å². The molecular weight excluding hydrogens is 318 g/mol. The fraction of sp³-hybridized carbons (Fsp3) is 0.579. The fourth-order valence-electron chi connectivity index (χ4n) is 3.41. The van der Waals surface area contributed by atoms with Crippen LogP contribution >= 0.6 is 0 Å². The molecule has 6 heteroatoms. The van der Waals surface area contributed by atoms with Crippen LogP contribution in [0.4, 0.5) is 5.69 Å². The first-order chi connectivity index (χ1) is 12.1. The first kappa shape index (κ1) is 17.7. The Labute approximate surface area is 148 Å². The normalized spacial score (nSPS) is 21.2. The van der Waals surface area contributed by atoms with Gasteiger partial charge in [-0.05, 0) is 43.9 Å². The molecule has 25 heavy (non-hydrogen) atoms. The van der Waals surface area contributed by atoms with E-state index in [2.05, 4.69) is 16.0 Å². The highest BCUT2D eigenvalue weighted by Crippen LogP contribution is 2.32. The lowest BCUT2D eigenvalue weighted by Crippen LogP contribution is -2.39. The second-order valence-electron chi connectivity index (χ2n) is 6.91. The summed E-state index contributed by atoms with van der Waals surface area (Å²) in [6.45, 7) is 4.24. The van der Waals surface area contributed by atoms with Crippen molar-refractivity contribution in [1.29, 1.82) is 0 Å². The summed E-state index contributed by atoms with van der Waals surface area (Å²) >= 11 is 0. The van der Waals surface area contributed by atoms with E-state index in [9.17, 15) is 9.59 Å². The van der Waals surface area contributed by atoms with Gasteiger partial charge in [-0.1, -0.05) is 25.8 Å². The Morgan fingerprint density at radius 1 is 1.36 bits per heavy atom. The maximum Gasteiger partial charge on any atom is 0.265 e. The predicted octanol–water partition coefficient (Wildman–Crippen LogP) is 2.51. The van der Waals surface area contributed by atoms with Gasteiger partial charge in [0.25, 0.3) is 5.91 Å². The summed E-state index contributed by atoms with van der Waals surface area (Å²) in [5.74, 6) is 0.636. The maximum atomic E-state index is 12.0. The molecular formula is C19H27N3O3. The highest BCUT2D eigenvalue weighted by Gasteiger charge is 2.26. The number of ether oxygens (including phenoxy) is 1. The van der Waals surface area contributed by atoms with E-state index in [1.54, 1.807) is 0 Å². The number of carbonyl (C=O) groups excluding carboxylic acids is 2. The smallest absolute Gasteiger partial charge is 0.265 e. The number of rotatable bonds is 6. The van der Waals surface area contributed by atoms with Crippen LogP contribution in [0.3, 0.4) is 0 Å². The lowest BCUT2D eigenvalue weighted by atomic mass is 10.1. The summed E-state index contributed by atoms with van der Waals surface area (Å²) in [5.41, 5.74) is 1.73. The molecule has 0 unspecified atom stereocenters. The van der Waals surface area contributed by atoms with Crippen LogP contribution in [0, 0.1) is 0 Å². The number of benzene rings is 1. The second kappa shape index (κ2) is 7.87. The molecule has 0 spiro atoms. The van der Waals surface area contributed by atoms with Crippen molar-refractivity contribution in [2.75, 3.05) is 11.9 Å². The molecule has 0 aromatic heterocycles. The zero-order valence-corrected chi connectivity index (χ0v) is 14.9. The third-order valence-electron chi connectivity index (χ3n) is 4.99. The predicted molar refractivity (Wildman–Crippen MR) is 96.6 cm³/mol. The number of fused-ring (bicyclic) bond motifs is 1. The van der Waals surface area contributed by atoms with E-state index in [1.807, 2.05) is 32.0 Å². The molecule has 3 rings (SSSR count). The first-order valence-electron chi connectivity index (χ1n) is 9.21. The molecule has 1 aromatic rings. The van der Waals surface area contributed by atoms with Gasteiger partial charge < -0.3 is 20.7 Å². The van der Waals surface area contributed by atoms with Crippen molar-refractivity contribution in [2.24, 2.45) is 0 Å². The van der Waals surface area contributed by atoms with Gasteiger partial charge in [0.15, 0.2) is 6.10 Å². The maximum absolute atomic E-state index is 12.0. The van der Waals surface area contributed by atoms with E-state index in [1.165, 1.54) is 12.8 Å². The van der Waals surface area contributed by atoms with E-state index < -0.39 is 6.10 Å². The van der Waals surface area contributed by atoms with E-state index in [0.29, 0.717) is 30.4 Å². The average Bonchev–Trinajstić information content (AvgIpc) is 3.11. The summed E-state index contributed by atoms with van der Waals surface area (Å²) in [5, 5.41) is 9.21. The Hall–Kier alpha value is -2.08. The lowest BCUT2D eigenvalue weighted by Gasteiger charge is -2.26. The molecule has 2 atom stereocenters. The molecule has 1 aliphatic heterocycles. The Morgan fingerprint density at radius 3 is 2.84 bits per heavy atom. The van der Waals surface area contributed by atoms with Crippen molar-refractivity contribution >= 4 is 17.5 Å². The largest absolute Gasteiger partial charge is 0.478 e. The lowest BCUT2D eigenvalue weighted by molar-refractivity contribution is -0.123. The molecule has 1 aliphatic carbocycles. The Bertz CT molecular complexity index is 641. The van der Waals surface area contributed by atoms with Crippen molar-refractivity contribution in [2.45, 2.75) is 64.1 Å². The Balaban J connectivity index is 1.56. The average molecular weight is 345 g/mol. The molecule has 1 saturated carbocycles. The first-order valence-corrected chi connectivity index (χ1v) is 9.21. The van der Waals surface area contributed by atoms with Crippen molar-refractivity contribution in [3.8, 4) is 5.75 Å². The molecule has 0 bridgehead atoms. The highest BCUT2D eigenvalue weighted by molar-refractivity contribution is 5.97. The molecule has 1 heterocycles. The van der Waals surface area contributed by atoms with Crippen molar-refractivity contribution in [3.63, 3.8) is 0 Å². The zero-order chi connectivity index (χ0) is 17.8. The van der Waals surface area contributed by atoms with Crippen LogP contribution in [0.5, 0.6) is 5.75 Å². The molecule has 0 saturated heterocycles. The minimum atomic E-state index is -0.441. The van der Waals surface area contributed by atoms with Gasteiger partial charge in [-0.15, -0.1) is 0 Å². The van der Waals surface area contributed by atoms with Crippen LogP contribution in [0.1, 0.15) is 57.6 Å². The fourth-order valence-corrected chi connectivity index (χ4v) is 3.41. The van der Waals surface area contributed by atoms with Gasteiger partial charge in [0.2, 0.25) is 5.91 Å². The third-order valence-corrected chi connectivity index (χ3v) is 4.99. The quantitative estimate of drug-likeness (QED) is 0.740. The molecule has 6 nitrogen and oxygen atoms in total. The summed E-state index contributed by atoms with van der Waals surface area (Å²) < 4.78 is 5.78. The van der Waals surface area contributed by atoms with Gasteiger partial charge >= 0.3 is 0 Å². The van der Waals surface area contributed by atoms with Crippen LogP contribution in [0.25, 0.3) is 0 Å². The molecule has 1 fully saturated rings. The summed E-state index contributed by atoms with van der Waals surface area (Å²) in [6.07, 6.45) is 4.79. The van der Waals surface area contributed by atoms with Crippen molar-refractivity contribution < 1.29 is 14.3 Å². The van der Waals surface area contributed by atoms with E-state index in [0.717, 1.165) is 18.4 Å². The SMILES string of the molecule is CC[C@@H]1Oc2cc([C@@H](C)NCC(=O)NC3CCCC3)ccc2NC1=O. The number of anilines is 1. The standard InChI is InChI=1S/C19H27N3O3/c1-3-16-19(24)22-15-9-8-13(10-17(15)25-16)12(2)20-11-18(23)21-14-6-4-5-7-14/h8-10,12,14,16,20H,3-7,11H2,1-2H3,(H,21,23)(H,22,24)/t12-,16+/m1/s1. The van der Waals surface area contributed by atoms with Crippen LogP contribution in [-0.2, 0) is 9.59 Å². The van der Waals surface area contributed by atoms with E-state index in [-0.39, 0.29) is 17.9 Å². The topological polar surface area (TPSA) is 79.5 Å². The van der Waals surface area contributed by atoms with Gasteiger partial charge in [-0.3, -0.25) is 9.59 Å². The molecule has 2 aliphatic rings. The monoisotopic (exact) mass is 345 g/mol. The van der Waals surface area contributed by atoms with Gasteiger partial charge in [0.1, 0.15) is 5.75 Å². The summed E-state index contributed by atoms with van der Waals surface area (Å²) in [4.78, 5) is 23.9. The molecule has 2 amide bonds. The number of hydrogen-bond acceptors (Lipinski definition) is 4. The van der Waals surface area contributed by atoms with Crippen LogP contribution in [0.15, 0.2) is 18.2 Å². The third kappa shape index (κ3) is 4.31. The molecule has 136 valence electrons. The number of nitrogens with one attached hydrogen (secondary N) is 3. The van der Waals surface area contributed by atoms with Gasteiger partial charge in [-0.25, -0.2) is 0 Å². The van der Waals surface area contributed by atoms with Crippen LogP contribution < -0.4 is 20.7 Å². The minimum Gasteiger partial charge on any atom is -0.478 e. The Morgan fingerprint density at radius 2 is 2.12 bits per heavy atom. The van der Waals surface area contributed by atoms with Crippen LogP contribution in [-0.4, -0.2) is 30.5 Å². The summed E-state index contributed by atoms with van der Waals surface area (Å²) in [7, 11) is 0. The zero-order valence-electron chi connectivity index (χ0n) is 14.9. The molecule has 1 aromatic carbocycles. The highest BCUT2D eigenvalue weighted by atomic mass is 16.5. The summed E-state index contributed by atoms with van der Waals surface area (Å²) in [6, 6.07) is 6.09. The van der Waals surface area contributed by atoms with E-state index >= 15 is 0 Å². The van der Waals surface area contributed by atoms with Crippen LogP contribution in [0.2, 0.25) is 0 Å². The second-order valence-corrected chi connectivity index (χ2v) is 6.91. The van der Waals surface area contributed by atoms with E-state index in [4.69, 9.17) is 4.74 Å². The van der Waals surface area contributed by atoms with Gasteiger partial charge in [0, 0.05) is 12.1 Å². The molecule has 3 N–H and O–H groups in total. The van der Waals surface area contributed by atoms with Crippen molar-refractivity contribution in [1.82, 2.24) is 10.6 Å². The Kier molecular flexibility index (Phi) is 5.58. The number of amides is 2.